The zero-order valence-electron chi connectivity index (χ0n) is 17.4. The number of hydrogen-bond acceptors (Lipinski definition) is 3. The van der Waals surface area contributed by atoms with Gasteiger partial charge >= 0.3 is 0 Å². The highest BCUT2D eigenvalue weighted by Crippen LogP contribution is 2.45. The zero-order chi connectivity index (χ0) is 20.5. The minimum absolute atomic E-state index is 0.0141. The van der Waals surface area contributed by atoms with E-state index in [4.69, 9.17) is 4.74 Å². The molecule has 0 spiro atoms. The van der Waals surface area contributed by atoms with Crippen LogP contribution in [0.4, 0.5) is 0 Å². The summed E-state index contributed by atoms with van der Waals surface area (Å²) in [6.07, 6.45) is 2.19. The van der Waals surface area contributed by atoms with Gasteiger partial charge in [-0.2, -0.15) is 0 Å². The average Bonchev–Trinajstić information content (AvgIpc) is 2.66. The molecular formula is C24H29NO3. The van der Waals surface area contributed by atoms with Gasteiger partial charge in [-0.15, -0.1) is 0 Å². The van der Waals surface area contributed by atoms with Gasteiger partial charge in [0.25, 0.3) is 11.8 Å². The third-order valence-corrected chi connectivity index (χ3v) is 5.77. The number of carbonyl (C=O) groups excluding carboxylic acids is 2. The minimum atomic E-state index is -0.412. The Balaban J connectivity index is 1.80. The third kappa shape index (κ3) is 3.96. The molecule has 1 aliphatic carbocycles. The number of benzene rings is 2. The van der Waals surface area contributed by atoms with E-state index in [-0.39, 0.29) is 16.7 Å². The number of rotatable bonds is 4. The fourth-order valence-electron chi connectivity index (χ4n) is 3.85. The van der Waals surface area contributed by atoms with E-state index in [9.17, 15) is 9.59 Å². The molecule has 0 fully saturated rings. The summed E-state index contributed by atoms with van der Waals surface area (Å²) >= 11 is 0. The molecule has 0 saturated heterocycles. The van der Waals surface area contributed by atoms with Gasteiger partial charge in [-0.05, 0) is 78.1 Å². The van der Waals surface area contributed by atoms with Crippen LogP contribution in [-0.4, -0.2) is 18.4 Å². The molecule has 0 saturated carbocycles. The first-order valence-corrected chi connectivity index (χ1v) is 9.87. The Morgan fingerprint density at radius 2 is 1.39 bits per heavy atom. The van der Waals surface area contributed by atoms with Gasteiger partial charge in [0.15, 0.2) is 0 Å². The van der Waals surface area contributed by atoms with Crippen LogP contribution in [0.3, 0.4) is 0 Å². The molecule has 2 aromatic carbocycles. The van der Waals surface area contributed by atoms with E-state index in [1.807, 2.05) is 25.1 Å². The van der Waals surface area contributed by atoms with Crippen molar-refractivity contribution in [3.05, 3.63) is 64.7 Å². The van der Waals surface area contributed by atoms with Crippen LogP contribution in [0.1, 0.15) is 79.3 Å². The number of ether oxygens (including phenoxy) is 1. The van der Waals surface area contributed by atoms with Crippen molar-refractivity contribution in [3.8, 4) is 5.75 Å². The third-order valence-electron chi connectivity index (χ3n) is 5.77. The van der Waals surface area contributed by atoms with E-state index in [1.165, 1.54) is 11.1 Å². The Morgan fingerprint density at radius 1 is 0.857 bits per heavy atom. The van der Waals surface area contributed by atoms with Gasteiger partial charge in [-0.25, -0.2) is 0 Å². The Hall–Kier alpha value is -2.62. The number of amides is 2. The van der Waals surface area contributed by atoms with Crippen molar-refractivity contribution in [2.75, 3.05) is 6.61 Å². The molecule has 148 valence electrons. The number of fused-ring (bicyclic) bond motifs is 1. The SMILES string of the molecule is CCOc1ccc(C(=O)NC(=O)c2ccc3c(c2)C(C)(C)CCC3(C)C)cc1. The lowest BCUT2D eigenvalue weighted by atomic mass is 9.63. The van der Waals surface area contributed by atoms with E-state index in [0.717, 1.165) is 12.8 Å². The van der Waals surface area contributed by atoms with Crippen molar-refractivity contribution in [3.63, 3.8) is 0 Å². The van der Waals surface area contributed by atoms with Crippen molar-refractivity contribution in [2.45, 2.75) is 58.3 Å². The topological polar surface area (TPSA) is 55.4 Å². The standard InChI is InChI=1S/C24H29NO3/c1-6-28-18-10-7-16(8-11-18)21(26)25-22(27)17-9-12-19-20(15-17)24(4,5)14-13-23(19,2)3/h7-12,15H,6,13-14H2,1-5H3,(H,25,26,27). The van der Waals surface area contributed by atoms with Crippen LogP contribution >= 0.6 is 0 Å². The summed E-state index contributed by atoms with van der Waals surface area (Å²) < 4.78 is 5.38. The van der Waals surface area contributed by atoms with Crippen molar-refractivity contribution in [1.82, 2.24) is 5.32 Å². The van der Waals surface area contributed by atoms with Gasteiger partial charge in [-0.1, -0.05) is 33.8 Å². The molecule has 0 heterocycles. The number of carbonyl (C=O) groups is 2. The fourth-order valence-corrected chi connectivity index (χ4v) is 3.85. The summed E-state index contributed by atoms with van der Waals surface area (Å²) in [6.45, 7) is 11.4. The quantitative estimate of drug-likeness (QED) is 0.760. The van der Waals surface area contributed by atoms with Gasteiger partial charge in [0.2, 0.25) is 0 Å². The van der Waals surface area contributed by atoms with E-state index in [2.05, 4.69) is 33.0 Å². The van der Waals surface area contributed by atoms with E-state index in [1.54, 1.807) is 24.3 Å². The number of hydrogen-bond donors (Lipinski definition) is 1. The molecular weight excluding hydrogens is 350 g/mol. The Bertz CT molecular complexity index is 895. The average molecular weight is 380 g/mol. The van der Waals surface area contributed by atoms with Crippen molar-refractivity contribution in [2.24, 2.45) is 0 Å². The van der Waals surface area contributed by atoms with E-state index >= 15 is 0 Å². The molecule has 4 nitrogen and oxygen atoms in total. The van der Waals surface area contributed by atoms with Crippen molar-refractivity contribution in [1.29, 1.82) is 0 Å². The molecule has 28 heavy (non-hydrogen) atoms. The predicted molar refractivity (Wildman–Crippen MR) is 111 cm³/mol. The number of nitrogens with one attached hydrogen (secondary N) is 1. The van der Waals surface area contributed by atoms with Crippen LogP contribution < -0.4 is 10.1 Å². The maximum absolute atomic E-state index is 12.7. The van der Waals surface area contributed by atoms with Crippen LogP contribution in [0.25, 0.3) is 0 Å². The second-order valence-electron chi connectivity index (χ2n) is 8.77. The molecule has 0 radical (unpaired) electrons. The molecule has 2 aromatic rings. The molecule has 2 amide bonds. The lowest BCUT2D eigenvalue weighted by Crippen LogP contribution is -2.35. The monoisotopic (exact) mass is 379 g/mol. The van der Waals surface area contributed by atoms with Crippen molar-refractivity contribution >= 4 is 11.8 Å². The minimum Gasteiger partial charge on any atom is -0.494 e. The number of imide groups is 1. The first-order valence-electron chi connectivity index (χ1n) is 9.87. The second-order valence-corrected chi connectivity index (χ2v) is 8.77. The summed E-state index contributed by atoms with van der Waals surface area (Å²) in [5, 5.41) is 2.50. The van der Waals surface area contributed by atoms with Crippen LogP contribution in [0.5, 0.6) is 5.75 Å². The van der Waals surface area contributed by atoms with Gasteiger partial charge in [-0.3, -0.25) is 14.9 Å². The summed E-state index contributed by atoms with van der Waals surface area (Å²) in [5.74, 6) is -0.0869. The van der Waals surface area contributed by atoms with Crippen molar-refractivity contribution < 1.29 is 14.3 Å². The van der Waals surface area contributed by atoms with Gasteiger partial charge < -0.3 is 4.74 Å². The fraction of sp³-hybridized carbons (Fsp3) is 0.417. The van der Waals surface area contributed by atoms with Crippen LogP contribution in [0, 0.1) is 0 Å². The zero-order valence-corrected chi connectivity index (χ0v) is 17.4. The molecule has 1 N–H and O–H groups in total. The molecule has 0 unspecified atom stereocenters. The maximum atomic E-state index is 12.7. The maximum Gasteiger partial charge on any atom is 0.258 e. The van der Waals surface area contributed by atoms with E-state index < -0.39 is 5.91 Å². The molecule has 1 aliphatic rings. The highest BCUT2D eigenvalue weighted by Gasteiger charge is 2.37. The summed E-state index contributed by atoms with van der Waals surface area (Å²) in [4.78, 5) is 25.1. The van der Waals surface area contributed by atoms with Crippen LogP contribution in [0.15, 0.2) is 42.5 Å². The van der Waals surface area contributed by atoms with Gasteiger partial charge in [0.05, 0.1) is 6.61 Å². The highest BCUT2D eigenvalue weighted by molar-refractivity contribution is 6.10. The highest BCUT2D eigenvalue weighted by atomic mass is 16.5. The Labute approximate surface area is 167 Å². The normalized spacial score (nSPS) is 16.8. The Kier molecular flexibility index (Phi) is 5.33. The van der Waals surface area contributed by atoms with Gasteiger partial charge in [0, 0.05) is 11.1 Å². The largest absolute Gasteiger partial charge is 0.494 e. The summed E-state index contributed by atoms with van der Waals surface area (Å²) in [7, 11) is 0. The molecule has 4 heteroatoms. The first-order chi connectivity index (χ1) is 13.1. The first kappa shape index (κ1) is 20.1. The van der Waals surface area contributed by atoms with Gasteiger partial charge in [0.1, 0.15) is 5.75 Å². The molecule has 0 aliphatic heterocycles. The molecule has 0 bridgehead atoms. The smallest absolute Gasteiger partial charge is 0.258 e. The van der Waals surface area contributed by atoms with Crippen LogP contribution in [0.2, 0.25) is 0 Å². The lowest BCUT2D eigenvalue weighted by Gasteiger charge is -2.42. The van der Waals surface area contributed by atoms with Crippen LogP contribution in [-0.2, 0) is 10.8 Å². The lowest BCUT2D eigenvalue weighted by molar-refractivity contribution is 0.0849. The predicted octanol–water partition coefficient (Wildman–Crippen LogP) is 5.00. The summed E-state index contributed by atoms with van der Waals surface area (Å²) in [5.41, 5.74) is 3.54. The Morgan fingerprint density at radius 3 is 2.00 bits per heavy atom. The second kappa shape index (κ2) is 7.42. The summed E-state index contributed by atoms with van der Waals surface area (Å²) in [6, 6.07) is 12.6. The molecule has 0 aromatic heterocycles. The molecule has 0 atom stereocenters. The van der Waals surface area contributed by atoms with E-state index in [0.29, 0.717) is 23.5 Å². The molecule has 3 rings (SSSR count).